The van der Waals surface area contributed by atoms with Crippen LogP contribution in [-0.2, 0) is 19.2 Å². The zero-order chi connectivity index (χ0) is 22.6. The van der Waals surface area contributed by atoms with Gasteiger partial charge in [-0.2, -0.15) is 0 Å². The normalized spacial score (nSPS) is 14.6. The lowest BCUT2D eigenvalue weighted by molar-refractivity contribution is -0.138. The predicted octanol–water partition coefficient (Wildman–Crippen LogP) is -5.09. The number of aliphatic hydroxyl groups is 2. The van der Waals surface area contributed by atoms with Crippen molar-refractivity contribution in [2.75, 3.05) is 19.7 Å². The van der Waals surface area contributed by atoms with Crippen molar-refractivity contribution >= 4 is 29.7 Å². The molecule has 0 aromatic rings. The van der Waals surface area contributed by atoms with Gasteiger partial charge in [0.05, 0.1) is 12.7 Å². The van der Waals surface area contributed by atoms with Crippen LogP contribution in [0.15, 0.2) is 4.99 Å². The first-order valence-electron chi connectivity index (χ1n) is 8.69. The average Bonchev–Trinajstić information content (AvgIpc) is 2.64. The van der Waals surface area contributed by atoms with E-state index in [1.54, 1.807) is 0 Å². The third-order valence-corrected chi connectivity index (χ3v) is 3.63. The van der Waals surface area contributed by atoms with Crippen LogP contribution < -0.4 is 33.2 Å². The van der Waals surface area contributed by atoms with Crippen molar-refractivity contribution in [3.63, 3.8) is 0 Å². The Balaban J connectivity index is 5.06. The summed E-state index contributed by atoms with van der Waals surface area (Å²) in [7, 11) is 0. The van der Waals surface area contributed by atoms with Gasteiger partial charge in [0.25, 0.3) is 0 Å². The number of guanidine groups is 1. The molecule has 0 aromatic heterocycles. The molecule has 0 bridgehead atoms. The number of hydrogen-bond acceptors (Lipinski definition) is 8. The van der Waals surface area contributed by atoms with E-state index in [0.29, 0.717) is 0 Å². The minimum absolute atomic E-state index is 0.0489. The van der Waals surface area contributed by atoms with Gasteiger partial charge in [-0.25, -0.2) is 0 Å². The molecule has 0 heterocycles. The molecule has 14 heteroatoms. The molecule has 0 aliphatic heterocycles. The summed E-state index contributed by atoms with van der Waals surface area (Å²) in [4.78, 5) is 50.7. The summed E-state index contributed by atoms with van der Waals surface area (Å²) < 4.78 is 0. The first-order chi connectivity index (χ1) is 13.5. The molecule has 0 aliphatic rings. The summed E-state index contributed by atoms with van der Waals surface area (Å²) in [5.74, 6) is -4.01. The van der Waals surface area contributed by atoms with Gasteiger partial charge >= 0.3 is 5.97 Å². The predicted molar refractivity (Wildman–Crippen MR) is 101 cm³/mol. The molecule has 0 rings (SSSR count). The zero-order valence-corrected chi connectivity index (χ0v) is 16.0. The molecule has 166 valence electrons. The number of carboxylic acid groups (broad SMARTS) is 1. The summed E-state index contributed by atoms with van der Waals surface area (Å²) in [6.07, 6.45) is -0.873. The van der Waals surface area contributed by atoms with Gasteiger partial charge in [0, 0.05) is 6.54 Å². The Morgan fingerprint density at radius 1 is 1.03 bits per heavy atom. The van der Waals surface area contributed by atoms with E-state index in [2.05, 4.69) is 20.9 Å². The van der Waals surface area contributed by atoms with Crippen LogP contribution in [0.1, 0.15) is 19.8 Å². The van der Waals surface area contributed by atoms with Crippen LogP contribution >= 0.6 is 0 Å². The number of amides is 3. The van der Waals surface area contributed by atoms with E-state index >= 15 is 0 Å². The SMILES string of the molecule is CC(O)C(N)C(=O)NC(CO)C(=O)NC(CCCN=C(N)N)C(=O)NCC(=O)O. The number of nitrogens with two attached hydrogens (primary N) is 3. The van der Waals surface area contributed by atoms with Crippen LogP contribution in [0.4, 0.5) is 0 Å². The molecule has 0 fully saturated rings. The van der Waals surface area contributed by atoms with E-state index in [1.165, 1.54) is 6.92 Å². The Kier molecular flexibility index (Phi) is 11.9. The van der Waals surface area contributed by atoms with Gasteiger partial charge in [-0.1, -0.05) is 0 Å². The van der Waals surface area contributed by atoms with Crippen LogP contribution in [0.25, 0.3) is 0 Å². The standard InChI is InChI=1S/C15H29N7O7/c1-7(24)11(16)14(29)22-9(6-23)13(28)21-8(3-2-4-19-15(17)18)12(27)20-5-10(25)26/h7-9,11,23-24H,2-6,16H2,1H3,(H,20,27)(H,21,28)(H,22,29)(H,25,26)(H4,17,18,19). The second kappa shape index (κ2) is 13.2. The summed E-state index contributed by atoms with van der Waals surface area (Å²) >= 11 is 0. The fourth-order valence-electron chi connectivity index (χ4n) is 2.01. The highest BCUT2D eigenvalue weighted by atomic mass is 16.4. The number of hydrogen-bond donors (Lipinski definition) is 9. The number of rotatable bonds is 13. The third-order valence-electron chi connectivity index (χ3n) is 3.63. The molecule has 0 aromatic carbocycles. The maximum absolute atomic E-state index is 12.3. The molecule has 0 aliphatic carbocycles. The maximum atomic E-state index is 12.3. The lowest BCUT2D eigenvalue weighted by Gasteiger charge is -2.23. The molecular formula is C15H29N7O7. The number of nitrogens with one attached hydrogen (secondary N) is 3. The van der Waals surface area contributed by atoms with Crippen molar-refractivity contribution in [1.82, 2.24) is 16.0 Å². The van der Waals surface area contributed by atoms with E-state index < -0.39 is 61.1 Å². The van der Waals surface area contributed by atoms with Crippen molar-refractivity contribution < 1.29 is 34.5 Å². The Bertz CT molecular complexity index is 608. The highest BCUT2D eigenvalue weighted by Gasteiger charge is 2.28. The monoisotopic (exact) mass is 419 g/mol. The number of aliphatic hydroxyl groups excluding tert-OH is 2. The highest BCUT2D eigenvalue weighted by molar-refractivity contribution is 5.93. The maximum Gasteiger partial charge on any atom is 0.322 e. The summed E-state index contributed by atoms with van der Waals surface area (Å²) in [5, 5.41) is 34.0. The second-order valence-corrected chi connectivity index (χ2v) is 6.13. The summed E-state index contributed by atoms with van der Waals surface area (Å²) in [5.41, 5.74) is 15.9. The van der Waals surface area contributed by atoms with Gasteiger partial charge < -0.3 is 48.5 Å². The quantitative estimate of drug-likeness (QED) is 0.0779. The van der Waals surface area contributed by atoms with Gasteiger partial charge in [0.1, 0.15) is 24.7 Å². The van der Waals surface area contributed by atoms with Gasteiger partial charge in [0.15, 0.2) is 5.96 Å². The molecule has 3 amide bonds. The Hall–Kier alpha value is -2.97. The number of carbonyl (C=O) groups excluding carboxylic acids is 3. The van der Waals surface area contributed by atoms with Crippen molar-refractivity contribution in [2.45, 2.75) is 44.0 Å². The molecule has 29 heavy (non-hydrogen) atoms. The van der Waals surface area contributed by atoms with Gasteiger partial charge in [-0.3, -0.25) is 24.2 Å². The summed E-state index contributed by atoms with van der Waals surface area (Å²) in [6.45, 7) is -0.0356. The number of carbonyl (C=O) groups is 4. The largest absolute Gasteiger partial charge is 0.480 e. The zero-order valence-electron chi connectivity index (χ0n) is 16.0. The highest BCUT2D eigenvalue weighted by Crippen LogP contribution is 2.01. The lowest BCUT2D eigenvalue weighted by Crippen LogP contribution is -2.58. The van der Waals surface area contributed by atoms with Crippen LogP contribution in [0.3, 0.4) is 0 Å². The molecule has 14 nitrogen and oxygen atoms in total. The lowest BCUT2D eigenvalue weighted by atomic mass is 10.1. The molecule has 4 atom stereocenters. The minimum atomic E-state index is -1.44. The first-order valence-corrected chi connectivity index (χ1v) is 8.69. The van der Waals surface area contributed by atoms with Crippen LogP contribution in [0, 0.1) is 0 Å². The number of aliphatic imine (C=N–C) groups is 1. The van der Waals surface area contributed by atoms with Gasteiger partial charge in [-0.05, 0) is 19.8 Å². The van der Waals surface area contributed by atoms with Gasteiger partial charge in [-0.15, -0.1) is 0 Å². The van der Waals surface area contributed by atoms with Crippen molar-refractivity contribution in [2.24, 2.45) is 22.2 Å². The number of carboxylic acids is 1. The van der Waals surface area contributed by atoms with Crippen molar-refractivity contribution in [3.8, 4) is 0 Å². The van der Waals surface area contributed by atoms with Gasteiger partial charge in [0.2, 0.25) is 17.7 Å². The Morgan fingerprint density at radius 2 is 1.62 bits per heavy atom. The molecule has 4 unspecified atom stereocenters. The number of nitrogens with zero attached hydrogens (tertiary/aromatic N) is 1. The van der Waals surface area contributed by atoms with Crippen molar-refractivity contribution in [3.05, 3.63) is 0 Å². The number of aliphatic carboxylic acids is 1. The topological polar surface area (TPSA) is 255 Å². The van der Waals surface area contributed by atoms with E-state index in [9.17, 15) is 29.4 Å². The molecule has 0 saturated carbocycles. The van der Waals surface area contributed by atoms with Crippen LogP contribution in [0.5, 0.6) is 0 Å². The third kappa shape index (κ3) is 10.8. The molecule has 0 radical (unpaired) electrons. The minimum Gasteiger partial charge on any atom is -0.480 e. The van der Waals surface area contributed by atoms with E-state index in [4.69, 9.17) is 22.3 Å². The van der Waals surface area contributed by atoms with E-state index in [1.807, 2.05) is 0 Å². The Morgan fingerprint density at radius 3 is 2.10 bits per heavy atom. The fraction of sp³-hybridized carbons (Fsp3) is 0.667. The van der Waals surface area contributed by atoms with Crippen molar-refractivity contribution in [1.29, 1.82) is 0 Å². The summed E-state index contributed by atoms with van der Waals surface area (Å²) in [6, 6.07) is -3.95. The molecule has 0 saturated heterocycles. The second-order valence-electron chi connectivity index (χ2n) is 6.13. The fourth-order valence-corrected chi connectivity index (χ4v) is 2.01. The molecular weight excluding hydrogens is 390 g/mol. The average molecular weight is 419 g/mol. The first kappa shape index (κ1) is 26.0. The Labute approximate surface area is 166 Å². The molecule has 12 N–H and O–H groups in total. The van der Waals surface area contributed by atoms with Crippen LogP contribution in [0.2, 0.25) is 0 Å². The van der Waals surface area contributed by atoms with E-state index in [0.717, 1.165) is 0 Å². The smallest absolute Gasteiger partial charge is 0.322 e. The molecule has 0 spiro atoms. The van der Waals surface area contributed by atoms with Crippen LogP contribution in [-0.4, -0.2) is 88.9 Å². The van der Waals surface area contributed by atoms with E-state index in [-0.39, 0.29) is 25.3 Å².